The van der Waals surface area contributed by atoms with Gasteiger partial charge in [-0.1, -0.05) is 13.8 Å². The van der Waals surface area contributed by atoms with Crippen LogP contribution in [0.15, 0.2) is 65.4 Å². The van der Waals surface area contributed by atoms with Gasteiger partial charge in [-0.2, -0.15) is 5.26 Å². The van der Waals surface area contributed by atoms with Crippen LogP contribution in [0.2, 0.25) is 0 Å². The molecule has 3 N–H and O–H groups in total. The Bertz CT molecular complexity index is 1310. The number of pyridine rings is 1. The molecule has 1 atom stereocenters. The number of amides is 1. The molecule has 1 aliphatic carbocycles. The van der Waals surface area contributed by atoms with Gasteiger partial charge >= 0.3 is 0 Å². The average Bonchev–Trinajstić information content (AvgIpc) is 3.00. The Balaban J connectivity index is 1.92. The number of nitriles is 1. The largest absolute Gasteiger partial charge is 0.384 e. The zero-order valence-corrected chi connectivity index (χ0v) is 17.6. The maximum absolute atomic E-state index is 14.4. The molecule has 0 fully saturated rings. The third kappa shape index (κ3) is 2.48. The predicted octanol–water partition coefficient (Wildman–Crippen LogP) is 3.27. The van der Waals surface area contributed by atoms with Gasteiger partial charge in [0.1, 0.15) is 23.1 Å². The molecular formula is C24H20FN5O2. The summed E-state index contributed by atoms with van der Waals surface area (Å²) in [4.78, 5) is 33.0. The summed E-state index contributed by atoms with van der Waals surface area (Å²) in [7, 11) is 0. The van der Waals surface area contributed by atoms with E-state index < -0.39 is 22.6 Å². The monoisotopic (exact) mass is 429 g/mol. The molecule has 0 saturated heterocycles. The third-order valence-electron chi connectivity index (χ3n) is 6.36. The maximum atomic E-state index is 14.4. The van der Waals surface area contributed by atoms with E-state index in [1.807, 2.05) is 13.8 Å². The zero-order chi connectivity index (χ0) is 22.8. The van der Waals surface area contributed by atoms with E-state index in [4.69, 9.17) is 5.73 Å². The van der Waals surface area contributed by atoms with Gasteiger partial charge < -0.3 is 11.1 Å². The lowest BCUT2D eigenvalue weighted by molar-refractivity contribution is -0.123. The SMILES string of the molecule is CC1(C)CC(=O)C2=C(C1)N(c1cccnc1)C(N)=C(C#N)[C@]21C(=O)Nc2ccc(F)cc21. The minimum Gasteiger partial charge on any atom is -0.384 e. The molecule has 2 aliphatic heterocycles. The number of nitrogens with one attached hydrogen (secondary N) is 1. The average molecular weight is 429 g/mol. The minimum absolute atomic E-state index is 0.0250. The van der Waals surface area contributed by atoms with E-state index >= 15 is 0 Å². The number of halogens is 1. The van der Waals surface area contributed by atoms with Crippen molar-refractivity contribution in [2.24, 2.45) is 11.1 Å². The molecule has 3 heterocycles. The summed E-state index contributed by atoms with van der Waals surface area (Å²) >= 11 is 0. The predicted molar refractivity (Wildman–Crippen MR) is 115 cm³/mol. The van der Waals surface area contributed by atoms with Gasteiger partial charge in [-0.25, -0.2) is 4.39 Å². The number of carbonyl (C=O) groups excluding carboxylic acids is 2. The molecule has 1 amide bonds. The third-order valence-corrected chi connectivity index (χ3v) is 6.36. The van der Waals surface area contributed by atoms with E-state index in [1.165, 1.54) is 18.2 Å². The van der Waals surface area contributed by atoms with Crippen LogP contribution in [-0.4, -0.2) is 16.7 Å². The van der Waals surface area contributed by atoms with Gasteiger partial charge in [-0.15, -0.1) is 0 Å². The van der Waals surface area contributed by atoms with Gasteiger partial charge in [0, 0.05) is 35.1 Å². The molecule has 2 aromatic rings. The summed E-state index contributed by atoms with van der Waals surface area (Å²) in [6.07, 6.45) is 3.81. The number of benzene rings is 1. The Morgan fingerprint density at radius 3 is 2.72 bits per heavy atom. The van der Waals surface area contributed by atoms with Gasteiger partial charge in [0.05, 0.1) is 17.5 Å². The fourth-order valence-corrected chi connectivity index (χ4v) is 5.17. The summed E-state index contributed by atoms with van der Waals surface area (Å²) in [6, 6.07) is 9.44. The van der Waals surface area contributed by atoms with Crippen LogP contribution in [0.4, 0.5) is 15.8 Å². The molecule has 1 spiro atoms. The molecule has 1 aromatic heterocycles. The molecule has 0 bridgehead atoms. The first-order chi connectivity index (χ1) is 15.2. The van der Waals surface area contributed by atoms with Crippen molar-refractivity contribution >= 4 is 23.1 Å². The summed E-state index contributed by atoms with van der Waals surface area (Å²) in [5, 5.41) is 12.9. The van der Waals surface area contributed by atoms with Crippen molar-refractivity contribution < 1.29 is 14.0 Å². The summed E-state index contributed by atoms with van der Waals surface area (Å²) in [6.45, 7) is 3.93. The quantitative estimate of drug-likeness (QED) is 0.720. The van der Waals surface area contributed by atoms with Gasteiger partial charge in [-0.3, -0.25) is 19.5 Å². The van der Waals surface area contributed by atoms with Crippen LogP contribution < -0.4 is 16.0 Å². The van der Waals surface area contributed by atoms with Crippen molar-refractivity contribution in [1.82, 2.24) is 4.98 Å². The van der Waals surface area contributed by atoms with Crippen LogP contribution in [0.25, 0.3) is 0 Å². The Morgan fingerprint density at radius 2 is 2.03 bits per heavy atom. The summed E-state index contributed by atoms with van der Waals surface area (Å²) in [5.74, 6) is -1.39. The van der Waals surface area contributed by atoms with Crippen LogP contribution in [0.1, 0.15) is 32.3 Å². The number of nitrogens with two attached hydrogens (primary N) is 1. The van der Waals surface area contributed by atoms with Crippen LogP contribution in [0.3, 0.4) is 0 Å². The highest BCUT2D eigenvalue weighted by Crippen LogP contribution is 2.57. The van der Waals surface area contributed by atoms with Crippen molar-refractivity contribution in [2.75, 3.05) is 10.2 Å². The van der Waals surface area contributed by atoms with Gasteiger partial charge in [0.25, 0.3) is 0 Å². The second-order valence-corrected chi connectivity index (χ2v) is 9.08. The summed E-state index contributed by atoms with van der Waals surface area (Å²) < 4.78 is 14.4. The molecule has 3 aliphatic rings. The van der Waals surface area contributed by atoms with Crippen LogP contribution in [0.5, 0.6) is 0 Å². The van der Waals surface area contributed by atoms with E-state index in [0.29, 0.717) is 23.5 Å². The molecule has 5 rings (SSSR count). The highest BCUT2D eigenvalue weighted by atomic mass is 19.1. The number of rotatable bonds is 1. The molecular weight excluding hydrogens is 409 g/mol. The number of nitrogens with zero attached hydrogens (tertiary/aromatic N) is 3. The summed E-state index contributed by atoms with van der Waals surface area (Å²) in [5.41, 5.74) is 6.12. The van der Waals surface area contributed by atoms with Crippen LogP contribution in [-0.2, 0) is 15.0 Å². The number of fused-ring (bicyclic) bond motifs is 3. The van der Waals surface area contributed by atoms with Crippen molar-refractivity contribution in [1.29, 1.82) is 5.26 Å². The molecule has 0 saturated carbocycles. The topological polar surface area (TPSA) is 112 Å². The van der Waals surface area contributed by atoms with Gasteiger partial charge in [0.15, 0.2) is 5.78 Å². The van der Waals surface area contributed by atoms with Gasteiger partial charge in [0.2, 0.25) is 5.91 Å². The Labute approximate surface area is 184 Å². The lowest BCUT2D eigenvalue weighted by Gasteiger charge is -2.46. The smallest absolute Gasteiger partial charge is 0.245 e. The molecule has 0 radical (unpaired) electrons. The lowest BCUT2D eigenvalue weighted by Crippen LogP contribution is -2.52. The van der Waals surface area contributed by atoms with Gasteiger partial charge in [-0.05, 0) is 42.2 Å². The number of hydrogen-bond acceptors (Lipinski definition) is 6. The molecule has 0 unspecified atom stereocenters. The lowest BCUT2D eigenvalue weighted by atomic mass is 9.60. The molecule has 7 nitrogen and oxygen atoms in total. The minimum atomic E-state index is -1.79. The Hall–Kier alpha value is -3.99. The molecule has 8 heteroatoms. The van der Waals surface area contributed by atoms with E-state index in [-0.39, 0.29) is 34.7 Å². The molecule has 160 valence electrons. The highest BCUT2D eigenvalue weighted by molar-refractivity contribution is 6.20. The fraction of sp³-hybridized carbons (Fsp3) is 0.250. The first kappa shape index (κ1) is 19.9. The van der Waals surface area contributed by atoms with Crippen LogP contribution >= 0.6 is 0 Å². The maximum Gasteiger partial charge on any atom is 0.245 e. The number of carbonyl (C=O) groups is 2. The number of aromatic nitrogens is 1. The Kier molecular flexibility index (Phi) is 4.05. The molecule has 32 heavy (non-hydrogen) atoms. The number of allylic oxidation sites excluding steroid dienone is 1. The highest BCUT2D eigenvalue weighted by Gasteiger charge is 2.61. The normalized spacial score (nSPS) is 23.8. The number of hydrogen-bond donors (Lipinski definition) is 2. The number of anilines is 2. The van der Waals surface area contributed by atoms with E-state index in [0.717, 1.165) is 0 Å². The second-order valence-electron chi connectivity index (χ2n) is 9.08. The van der Waals surface area contributed by atoms with Crippen molar-refractivity contribution in [3.05, 3.63) is 76.8 Å². The van der Waals surface area contributed by atoms with Crippen molar-refractivity contribution in [3.63, 3.8) is 0 Å². The second kappa shape index (κ2) is 6.50. The molecule has 1 aromatic carbocycles. The first-order valence-corrected chi connectivity index (χ1v) is 10.2. The number of Topliss-reactive ketones (excluding diaryl/α,β-unsaturated/α-hetero) is 1. The fourth-order valence-electron chi connectivity index (χ4n) is 5.17. The zero-order valence-electron chi connectivity index (χ0n) is 17.6. The van der Waals surface area contributed by atoms with E-state index in [1.54, 1.807) is 29.4 Å². The van der Waals surface area contributed by atoms with Crippen molar-refractivity contribution in [2.45, 2.75) is 32.1 Å². The Morgan fingerprint density at radius 1 is 1.25 bits per heavy atom. The van der Waals surface area contributed by atoms with E-state index in [2.05, 4.69) is 16.4 Å². The van der Waals surface area contributed by atoms with Crippen LogP contribution in [0, 0.1) is 22.6 Å². The van der Waals surface area contributed by atoms with Crippen molar-refractivity contribution in [3.8, 4) is 6.07 Å². The van der Waals surface area contributed by atoms with E-state index in [9.17, 15) is 19.2 Å². The number of ketones is 1. The first-order valence-electron chi connectivity index (χ1n) is 10.2. The standard InChI is InChI=1S/C24H20FN5O2/c1-23(2)9-18-20(19(31)10-23)24(15-8-13(25)5-6-17(15)29-22(24)32)16(11-26)21(27)30(18)14-4-3-7-28-12-14/h3-8,12H,9-10,27H2,1-2H3,(H,29,32)/t24-/m0/s1.